The second-order valence-corrected chi connectivity index (χ2v) is 3.52. The van der Waals surface area contributed by atoms with Gasteiger partial charge in [0, 0.05) is 18.8 Å². The number of hydrogen-bond donors (Lipinski definition) is 1. The molecule has 0 radical (unpaired) electrons. The van der Waals surface area contributed by atoms with Gasteiger partial charge in [0.2, 0.25) is 0 Å². The number of ketones is 1. The minimum Gasteiger partial charge on any atom is -0.478 e. The third-order valence-electron chi connectivity index (χ3n) is 2.52. The second-order valence-electron chi connectivity index (χ2n) is 3.52. The molecule has 72 valence electrons. The van der Waals surface area contributed by atoms with Crippen LogP contribution in [0.2, 0.25) is 0 Å². The van der Waals surface area contributed by atoms with E-state index >= 15 is 0 Å². The van der Waals surface area contributed by atoms with Gasteiger partial charge in [0.05, 0.1) is 5.57 Å². The maximum absolute atomic E-state index is 11.1. The van der Waals surface area contributed by atoms with Gasteiger partial charge in [0.1, 0.15) is 5.78 Å². The zero-order valence-corrected chi connectivity index (χ0v) is 7.56. The molecule has 0 heterocycles. The Bertz CT molecular complexity index is 385. The monoisotopic (exact) mass is 190 g/mol. The molecule has 1 atom stereocenters. The van der Waals surface area contributed by atoms with Crippen molar-refractivity contribution in [3.05, 3.63) is 35.5 Å². The summed E-state index contributed by atoms with van der Waals surface area (Å²) in [7, 11) is 0. The van der Waals surface area contributed by atoms with E-state index in [9.17, 15) is 9.59 Å². The van der Waals surface area contributed by atoms with E-state index in [4.69, 9.17) is 5.11 Å². The van der Waals surface area contributed by atoms with Crippen molar-refractivity contribution < 1.29 is 14.7 Å². The van der Waals surface area contributed by atoms with Crippen molar-refractivity contribution in [3.8, 4) is 0 Å². The topological polar surface area (TPSA) is 54.4 Å². The third-order valence-corrected chi connectivity index (χ3v) is 2.52. The highest BCUT2D eigenvalue weighted by Gasteiger charge is 2.22. The van der Waals surface area contributed by atoms with E-state index in [1.54, 1.807) is 18.2 Å². The summed E-state index contributed by atoms with van der Waals surface area (Å²) in [6, 6.07) is 0. The smallest absolute Gasteiger partial charge is 0.335 e. The first kappa shape index (κ1) is 8.94. The molecule has 0 aromatic heterocycles. The Hall–Kier alpha value is -1.64. The molecule has 0 spiro atoms. The Balaban J connectivity index is 2.31. The molecule has 0 bridgehead atoms. The fourth-order valence-electron chi connectivity index (χ4n) is 1.76. The Morgan fingerprint density at radius 2 is 2.29 bits per heavy atom. The highest BCUT2D eigenvalue weighted by Crippen LogP contribution is 2.29. The molecule has 2 rings (SSSR count). The van der Waals surface area contributed by atoms with Crippen molar-refractivity contribution in [3.63, 3.8) is 0 Å². The number of aliphatic carboxylic acids is 1. The van der Waals surface area contributed by atoms with Gasteiger partial charge in [-0.1, -0.05) is 18.2 Å². The molecule has 0 aromatic rings. The number of carboxylic acid groups (broad SMARTS) is 1. The molecule has 0 aromatic carbocycles. The molecule has 0 saturated heterocycles. The number of carbonyl (C=O) groups excluding carboxylic acids is 1. The maximum atomic E-state index is 11.1. The van der Waals surface area contributed by atoms with Crippen molar-refractivity contribution in [2.45, 2.75) is 12.8 Å². The first-order valence-electron chi connectivity index (χ1n) is 4.52. The average Bonchev–Trinajstić information content (AvgIpc) is 2.16. The molecule has 2 aliphatic carbocycles. The van der Waals surface area contributed by atoms with E-state index in [2.05, 4.69) is 0 Å². The van der Waals surface area contributed by atoms with Crippen LogP contribution in [0.1, 0.15) is 12.8 Å². The van der Waals surface area contributed by atoms with E-state index in [0.717, 1.165) is 5.57 Å². The predicted molar refractivity (Wildman–Crippen MR) is 50.7 cm³/mol. The van der Waals surface area contributed by atoms with Gasteiger partial charge in [-0.15, -0.1) is 0 Å². The summed E-state index contributed by atoms with van der Waals surface area (Å²) in [6.45, 7) is 0. The van der Waals surface area contributed by atoms with Gasteiger partial charge in [-0.3, -0.25) is 4.79 Å². The molecule has 0 saturated carbocycles. The SMILES string of the molecule is O=C1CC=C2C=C(C(=O)O)C=CC2C1. The number of carbonyl (C=O) groups is 2. The number of carboxylic acids is 1. The summed E-state index contributed by atoms with van der Waals surface area (Å²) >= 11 is 0. The van der Waals surface area contributed by atoms with Crippen molar-refractivity contribution >= 4 is 11.8 Å². The van der Waals surface area contributed by atoms with Crippen molar-refractivity contribution in [1.82, 2.24) is 0 Å². The van der Waals surface area contributed by atoms with Gasteiger partial charge >= 0.3 is 5.97 Å². The fraction of sp³-hybridized carbons (Fsp3) is 0.273. The Kier molecular flexibility index (Phi) is 2.08. The number of allylic oxidation sites excluding steroid dienone is 4. The predicted octanol–water partition coefficient (Wildman–Crippen LogP) is 1.47. The van der Waals surface area contributed by atoms with Gasteiger partial charge in [0.15, 0.2) is 0 Å². The normalized spacial score (nSPS) is 25.1. The van der Waals surface area contributed by atoms with Crippen molar-refractivity contribution in [2.24, 2.45) is 5.92 Å². The molecule has 3 heteroatoms. The van der Waals surface area contributed by atoms with Crippen molar-refractivity contribution in [1.29, 1.82) is 0 Å². The van der Waals surface area contributed by atoms with Crippen LogP contribution in [0.3, 0.4) is 0 Å². The molecule has 0 aliphatic heterocycles. The second kappa shape index (κ2) is 3.25. The summed E-state index contributed by atoms with van der Waals surface area (Å²) in [5, 5.41) is 8.77. The van der Waals surface area contributed by atoms with Crippen molar-refractivity contribution in [2.75, 3.05) is 0 Å². The molecule has 2 aliphatic rings. The summed E-state index contributed by atoms with van der Waals surface area (Å²) in [5.74, 6) is -0.604. The average molecular weight is 190 g/mol. The Morgan fingerprint density at radius 3 is 3.00 bits per heavy atom. The van der Waals surface area contributed by atoms with Crippen LogP contribution >= 0.6 is 0 Å². The fourth-order valence-corrected chi connectivity index (χ4v) is 1.76. The lowest BCUT2D eigenvalue weighted by atomic mass is 9.82. The molecule has 0 fully saturated rings. The first-order valence-corrected chi connectivity index (χ1v) is 4.52. The minimum absolute atomic E-state index is 0.0966. The van der Waals surface area contributed by atoms with Crippen LogP contribution in [-0.2, 0) is 9.59 Å². The van der Waals surface area contributed by atoms with E-state index in [0.29, 0.717) is 18.4 Å². The van der Waals surface area contributed by atoms with Gasteiger partial charge < -0.3 is 5.11 Å². The van der Waals surface area contributed by atoms with Crippen LogP contribution in [0.15, 0.2) is 35.5 Å². The van der Waals surface area contributed by atoms with Gasteiger partial charge in [-0.25, -0.2) is 4.79 Å². The number of rotatable bonds is 1. The minimum atomic E-state index is -0.919. The van der Waals surface area contributed by atoms with E-state index < -0.39 is 5.97 Å². The highest BCUT2D eigenvalue weighted by molar-refractivity contribution is 5.92. The number of Topliss-reactive ketones (excluding diaryl/α,β-unsaturated/α-hetero) is 1. The summed E-state index contributed by atoms with van der Waals surface area (Å²) in [6.07, 6.45) is 7.78. The van der Waals surface area contributed by atoms with Crippen LogP contribution < -0.4 is 0 Å². The Labute approximate surface area is 81.4 Å². The van der Waals surface area contributed by atoms with Crippen LogP contribution in [0.4, 0.5) is 0 Å². The summed E-state index contributed by atoms with van der Waals surface area (Å²) in [4.78, 5) is 21.8. The van der Waals surface area contributed by atoms with E-state index in [-0.39, 0.29) is 11.7 Å². The third kappa shape index (κ3) is 1.53. The zero-order valence-electron chi connectivity index (χ0n) is 7.56. The largest absolute Gasteiger partial charge is 0.478 e. The lowest BCUT2D eigenvalue weighted by molar-refractivity contribution is -0.132. The Morgan fingerprint density at radius 1 is 1.50 bits per heavy atom. The lowest BCUT2D eigenvalue weighted by Gasteiger charge is -2.21. The lowest BCUT2D eigenvalue weighted by Crippen LogP contribution is -2.16. The molecular weight excluding hydrogens is 180 g/mol. The van der Waals surface area contributed by atoms with Crippen LogP contribution in [0.5, 0.6) is 0 Å². The van der Waals surface area contributed by atoms with Crippen LogP contribution in [0.25, 0.3) is 0 Å². The maximum Gasteiger partial charge on any atom is 0.335 e. The molecule has 1 unspecified atom stereocenters. The van der Waals surface area contributed by atoms with E-state index in [1.807, 2.05) is 6.08 Å². The first-order chi connectivity index (χ1) is 6.66. The number of fused-ring (bicyclic) bond motifs is 1. The molecule has 1 N–H and O–H groups in total. The molecule has 14 heavy (non-hydrogen) atoms. The van der Waals surface area contributed by atoms with Gasteiger partial charge in [-0.2, -0.15) is 0 Å². The standard InChI is InChI=1S/C11H10O3/c12-10-4-3-7-5-9(11(13)14)2-1-8(7)6-10/h1-3,5,8H,4,6H2,(H,13,14). The molecular formula is C11H10O3. The zero-order chi connectivity index (χ0) is 10.1. The number of hydrogen-bond acceptors (Lipinski definition) is 2. The summed E-state index contributed by atoms with van der Waals surface area (Å²) in [5.41, 5.74) is 1.26. The van der Waals surface area contributed by atoms with Crippen LogP contribution in [-0.4, -0.2) is 16.9 Å². The molecule has 3 nitrogen and oxygen atoms in total. The van der Waals surface area contributed by atoms with Gasteiger partial charge in [0.25, 0.3) is 0 Å². The highest BCUT2D eigenvalue weighted by atomic mass is 16.4. The van der Waals surface area contributed by atoms with E-state index in [1.165, 1.54) is 0 Å². The quantitative estimate of drug-likeness (QED) is 0.681. The summed E-state index contributed by atoms with van der Waals surface area (Å²) < 4.78 is 0. The molecule has 0 amide bonds. The van der Waals surface area contributed by atoms with Crippen LogP contribution in [0, 0.1) is 5.92 Å². The van der Waals surface area contributed by atoms with Gasteiger partial charge in [-0.05, 0) is 11.6 Å².